The van der Waals surface area contributed by atoms with E-state index < -0.39 is 0 Å². The van der Waals surface area contributed by atoms with Crippen LogP contribution in [-0.4, -0.2) is 25.0 Å². The molecule has 6 nitrogen and oxygen atoms in total. The molecule has 0 aliphatic carbocycles. The number of benzene rings is 1. The zero-order chi connectivity index (χ0) is 18.5. The lowest BCUT2D eigenvalue weighted by Crippen LogP contribution is -2.23. The van der Waals surface area contributed by atoms with Crippen molar-refractivity contribution < 1.29 is 13.9 Å². The van der Waals surface area contributed by atoms with Gasteiger partial charge >= 0.3 is 0 Å². The maximum atomic E-state index is 12.4. The number of hydrogen-bond acceptors (Lipinski definition) is 6. The number of furan rings is 1. The summed E-state index contributed by atoms with van der Waals surface area (Å²) in [5, 5.41) is 5.71. The van der Waals surface area contributed by atoms with Crippen molar-refractivity contribution in [2.45, 2.75) is 20.1 Å². The number of nitrogens with zero attached hydrogens (tertiary/aromatic N) is 2. The number of aryl methyl sites for hydroxylation is 1. The number of amides is 1. The molecular formula is C19H21N3O3S. The predicted octanol–water partition coefficient (Wildman–Crippen LogP) is 3.62. The lowest BCUT2D eigenvalue weighted by atomic mass is 10.2. The van der Waals surface area contributed by atoms with Crippen LogP contribution >= 0.6 is 11.3 Å². The van der Waals surface area contributed by atoms with Crippen molar-refractivity contribution in [2.75, 3.05) is 19.0 Å². The van der Waals surface area contributed by atoms with E-state index in [1.54, 1.807) is 17.4 Å². The second-order valence-corrected chi connectivity index (χ2v) is 6.89. The van der Waals surface area contributed by atoms with Crippen LogP contribution in [0.5, 0.6) is 5.75 Å². The quantitative estimate of drug-likeness (QED) is 0.687. The van der Waals surface area contributed by atoms with E-state index in [2.05, 4.69) is 10.3 Å². The van der Waals surface area contributed by atoms with Crippen LogP contribution in [0.25, 0.3) is 0 Å². The Kier molecular flexibility index (Phi) is 5.58. The maximum absolute atomic E-state index is 12.4. The largest absolute Gasteiger partial charge is 0.486 e. The molecule has 0 fully saturated rings. The van der Waals surface area contributed by atoms with Crippen LogP contribution in [-0.2, 0) is 13.2 Å². The van der Waals surface area contributed by atoms with Crippen LogP contribution in [0.1, 0.15) is 27.4 Å². The zero-order valence-electron chi connectivity index (χ0n) is 15.0. The van der Waals surface area contributed by atoms with Crippen molar-refractivity contribution in [3.8, 4) is 5.75 Å². The van der Waals surface area contributed by atoms with Crippen molar-refractivity contribution in [2.24, 2.45) is 0 Å². The molecule has 2 heterocycles. The van der Waals surface area contributed by atoms with E-state index in [1.807, 2.05) is 55.6 Å². The third kappa shape index (κ3) is 4.43. The number of hydrogen-bond donors (Lipinski definition) is 1. The number of thiazole rings is 1. The number of rotatable bonds is 7. The van der Waals surface area contributed by atoms with E-state index in [0.717, 1.165) is 22.1 Å². The Balaban J connectivity index is 1.58. The molecule has 2 aromatic heterocycles. The van der Waals surface area contributed by atoms with Crippen LogP contribution in [0.2, 0.25) is 0 Å². The van der Waals surface area contributed by atoms with Gasteiger partial charge in [0.15, 0.2) is 10.9 Å². The molecule has 0 saturated carbocycles. The second-order valence-electron chi connectivity index (χ2n) is 6.06. The lowest BCUT2D eigenvalue weighted by molar-refractivity contribution is 0.0946. The Bertz CT molecular complexity index is 868. The maximum Gasteiger partial charge on any atom is 0.255 e. The minimum Gasteiger partial charge on any atom is -0.486 e. The van der Waals surface area contributed by atoms with Crippen molar-refractivity contribution in [3.05, 3.63) is 64.6 Å². The van der Waals surface area contributed by atoms with Gasteiger partial charge in [0.25, 0.3) is 5.91 Å². The summed E-state index contributed by atoms with van der Waals surface area (Å²) in [4.78, 5) is 18.8. The van der Waals surface area contributed by atoms with Crippen molar-refractivity contribution in [1.82, 2.24) is 10.3 Å². The molecule has 0 radical (unpaired) electrons. The van der Waals surface area contributed by atoms with Crippen molar-refractivity contribution >= 4 is 22.4 Å². The lowest BCUT2D eigenvalue weighted by Gasteiger charge is -2.07. The molecular weight excluding hydrogens is 350 g/mol. The number of aromatic nitrogens is 1. The fraction of sp³-hybridized carbons (Fsp3) is 0.263. The van der Waals surface area contributed by atoms with E-state index in [1.165, 1.54) is 6.26 Å². The molecule has 1 N–H and O–H groups in total. The summed E-state index contributed by atoms with van der Waals surface area (Å²) in [6, 6.07) is 9.38. The highest BCUT2D eigenvalue weighted by molar-refractivity contribution is 7.13. The van der Waals surface area contributed by atoms with E-state index in [0.29, 0.717) is 17.9 Å². The van der Waals surface area contributed by atoms with Crippen molar-refractivity contribution in [3.63, 3.8) is 0 Å². The molecule has 1 amide bonds. The first kappa shape index (κ1) is 18.0. The third-order valence-electron chi connectivity index (χ3n) is 3.73. The average Bonchev–Trinajstić information content (AvgIpc) is 3.28. The zero-order valence-corrected chi connectivity index (χ0v) is 15.8. The van der Waals surface area contributed by atoms with Gasteiger partial charge in [-0.3, -0.25) is 4.79 Å². The molecule has 7 heteroatoms. The summed E-state index contributed by atoms with van der Waals surface area (Å²) in [7, 11) is 3.87. The molecule has 0 aliphatic rings. The van der Waals surface area contributed by atoms with Gasteiger partial charge in [-0.15, -0.1) is 11.3 Å². The molecule has 0 saturated heterocycles. The van der Waals surface area contributed by atoms with Crippen molar-refractivity contribution in [1.29, 1.82) is 0 Å². The predicted molar refractivity (Wildman–Crippen MR) is 102 cm³/mol. The molecule has 0 bridgehead atoms. The van der Waals surface area contributed by atoms with Gasteiger partial charge in [0.1, 0.15) is 12.4 Å². The summed E-state index contributed by atoms with van der Waals surface area (Å²) in [6.45, 7) is 2.58. The van der Waals surface area contributed by atoms with E-state index >= 15 is 0 Å². The Hall–Kier alpha value is -2.80. The minimum atomic E-state index is -0.208. The van der Waals surface area contributed by atoms with Crippen LogP contribution < -0.4 is 15.0 Å². The Morgan fingerprint density at radius 2 is 2.04 bits per heavy atom. The highest BCUT2D eigenvalue weighted by atomic mass is 32.1. The summed E-state index contributed by atoms with van der Waals surface area (Å²) in [5.41, 5.74) is 2.46. The van der Waals surface area contributed by atoms with E-state index in [9.17, 15) is 4.79 Å². The highest BCUT2D eigenvalue weighted by Crippen LogP contribution is 2.19. The van der Waals surface area contributed by atoms with Crippen LogP contribution in [0.4, 0.5) is 5.13 Å². The molecule has 0 aliphatic heterocycles. The Labute approximate surface area is 156 Å². The van der Waals surface area contributed by atoms with Crippen LogP contribution in [0.15, 0.2) is 46.4 Å². The number of anilines is 1. The van der Waals surface area contributed by atoms with Gasteiger partial charge in [0.05, 0.1) is 24.1 Å². The number of ether oxygens (including phenoxy) is 1. The molecule has 3 aromatic rings. The number of carbonyl (C=O) groups is 1. The summed E-state index contributed by atoms with van der Waals surface area (Å²) in [5.74, 6) is 1.02. The number of nitrogens with one attached hydrogen (secondary N) is 1. The standard InChI is InChI=1S/C19H21N3O3S/c1-13-4-6-15(7-5-13)25-11-17-16(8-9-24-17)18(23)20-10-14-12-26-19(21-14)22(2)3/h4-9,12H,10-11H2,1-3H3,(H,20,23). The fourth-order valence-corrected chi connectivity index (χ4v) is 3.05. The normalized spacial score (nSPS) is 10.6. The summed E-state index contributed by atoms with van der Waals surface area (Å²) < 4.78 is 11.1. The molecule has 3 rings (SSSR count). The van der Waals surface area contributed by atoms with Gasteiger partial charge in [-0.1, -0.05) is 17.7 Å². The Morgan fingerprint density at radius 1 is 1.27 bits per heavy atom. The highest BCUT2D eigenvalue weighted by Gasteiger charge is 2.15. The van der Waals surface area contributed by atoms with E-state index in [-0.39, 0.29) is 12.5 Å². The van der Waals surface area contributed by atoms with Gasteiger partial charge < -0.3 is 19.4 Å². The molecule has 1 aromatic carbocycles. The molecule has 0 spiro atoms. The third-order valence-corrected chi connectivity index (χ3v) is 4.79. The van der Waals surface area contributed by atoms with Gasteiger partial charge in [-0.2, -0.15) is 0 Å². The van der Waals surface area contributed by atoms with Crippen LogP contribution in [0, 0.1) is 6.92 Å². The summed E-state index contributed by atoms with van der Waals surface area (Å²) >= 11 is 1.54. The Morgan fingerprint density at radius 3 is 2.73 bits per heavy atom. The number of carbonyl (C=O) groups excluding carboxylic acids is 1. The summed E-state index contributed by atoms with van der Waals surface area (Å²) in [6.07, 6.45) is 1.50. The molecule has 136 valence electrons. The van der Waals surface area contributed by atoms with Crippen LogP contribution in [0.3, 0.4) is 0 Å². The van der Waals surface area contributed by atoms with Gasteiger partial charge in [0, 0.05) is 19.5 Å². The first-order valence-corrected chi connectivity index (χ1v) is 9.06. The van der Waals surface area contributed by atoms with Gasteiger partial charge in [-0.25, -0.2) is 4.98 Å². The fourth-order valence-electron chi connectivity index (χ4n) is 2.29. The minimum absolute atomic E-state index is 0.195. The molecule has 26 heavy (non-hydrogen) atoms. The monoisotopic (exact) mass is 371 g/mol. The first-order chi connectivity index (χ1) is 12.5. The van der Waals surface area contributed by atoms with E-state index in [4.69, 9.17) is 9.15 Å². The second kappa shape index (κ2) is 8.05. The molecule has 0 unspecified atom stereocenters. The topological polar surface area (TPSA) is 67.6 Å². The first-order valence-electron chi connectivity index (χ1n) is 8.18. The van der Waals surface area contributed by atoms with Gasteiger partial charge in [-0.05, 0) is 25.1 Å². The molecule has 0 atom stereocenters. The SMILES string of the molecule is Cc1ccc(OCc2occc2C(=O)NCc2csc(N(C)C)n2)cc1. The van der Waals surface area contributed by atoms with Gasteiger partial charge in [0.2, 0.25) is 0 Å². The average molecular weight is 371 g/mol. The smallest absolute Gasteiger partial charge is 0.255 e.